The highest BCUT2D eigenvalue weighted by Crippen LogP contribution is 2.08. The van der Waals surface area contributed by atoms with Gasteiger partial charge in [-0.2, -0.15) is 12.6 Å². The number of hydrogen-bond donors (Lipinski definition) is 3. The Bertz CT molecular complexity index is 305. The molecule has 1 unspecified atom stereocenters. The van der Waals surface area contributed by atoms with Gasteiger partial charge in [0.25, 0.3) is 0 Å². The standard InChI is InChI=1S/C10H16N2O2S/c1-10(2,3)14-9(13)12-7-5-4-6-8(15)11-7/h4-6,8,11,15H,1-3H3,(H,12,13). The van der Waals surface area contributed by atoms with Crippen molar-refractivity contribution in [3.63, 3.8) is 0 Å². The number of ether oxygens (including phenoxy) is 1. The Morgan fingerprint density at radius 3 is 2.80 bits per heavy atom. The molecule has 84 valence electrons. The van der Waals surface area contributed by atoms with E-state index in [1.807, 2.05) is 32.9 Å². The summed E-state index contributed by atoms with van der Waals surface area (Å²) < 4.78 is 5.10. The predicted molar refractivity (Wildman–Crippen MR) is 62.5 cm³/mol. The van der Waals surface area contributed by atoms with Crippen LogP contribution in [0.3, 0.4) is 0 Å². The first-order valence-electron chi connectivity index (χ1n) is 4.70. The summed E-state index contributed by atoms with van der Waals surface area (Å²) in [5, 5.41) is 5.47. The van der Waals surface area contributed by atoms with Gasteiger partial charge in [-0.05, 0) is 26.8 Å². The van der Waals surface area contributed by atoms with Gasteiger partial charge in [0.1, 0.15) is 11.4 Å². The zero-order chi connectivity index (χ0) is 11.5. The topological polar surface area (TPSA) is 50.4 Å². The van der Waals surface area contributed by atoms with Gasteiger partial charge in [-0.15, -0.1) is 0 Å². The summed E-state index contributed by atoms with van der Waals surface area (Å²) >= 11 is 4.20. The molecule has 1 rings (SSSR count). The van der Waals surface area contributed by atoms with E-state index in [2.05, 4.69) is 23.3 Å². The van der Waals surface area contributed by atoms with Gasteiger partial charge in [-0.1, -0.05) is 12.2 Å². The third-order valence-electron chi connectivity index (χ3n) is 1.50. The Morgan fingerprint density at radius 1 is 1.60 bits per heavy atom. The molecule has 2 N–H and O–H groups in total. The maximum Gasteiger partial charge on any atom is 0.413 e. The summed E-state index contributed by atoms with van der Waals surface area (Å²) in [6.07, 6.45) is 4.96. The summed E-state index contributed by atoms with van der Waals surface area (Å²) in [6, 6.07) is 0. The lowest BCUT2D eigenvalue weighted by Gasteiger charge is -2.22. The molecule has 0 saturated carbocycles. The molecule has 0 fully saturated rings. The van der Waals surface area contributed by atoms with E-state index in [0.29, 0.717) is 5.82 Å². The van der Waals surface area contributed by atoms with E-state index in [0.717, 1.165) is 0 Å². The first-order valence-corrected chi connectivity index (χ1v) is 5.21. The summed E-state index contributed by atoms with van der Waals surface area (Å²) in [4.78, 5) is 11.4. The molecule has 0 aliphatic carbocycles. The molecule has 0 aromatic rings. The van der Waals surface area contributed by atoms with Crippen LogP contribution in [0.15, 0.2) is 24.0 Å². The van der Waals surface area contributed by atoms with Crippen LogP contribution in [0.2, 0.25) is 0 Å². The lowest BCUT2D eigenvalue weighted by molar-refractivity contribution is 0.0542. The van der Waals surface area contributed by atoms with Crippen molar-refractivity contribution < 1.29 is 9.53 Å². The maximum atomic E-state index is 11.4. The number of rotatable bonds is 1. The molecule has 1 heterocycles. The van der Waals surface area contributed by atoms with E-state index in [9.17, 15) is 4.79 Å². The Balaban J connectivity index is 2.45. The molecule has 4 nitrogen and oxygen atoms in total. The molecular weight excluding hydrogens is 212 g/mol. The molecule has 0 aromatic carbocycles. The van der Waals surface area contributed by atoms with Gasteiger partial charge in [-0.3, -0.25) is 5.32 Å². The van der Waals surface area contributed by atoms with Crippen molar-refractivity contribution in [3.05, 3.63) is 24.0 Å². The second-order valence-electron chi connectivity index (χ2n) is 4.18. The predicted octanol–water partition coefficient (Wildman–Crippen LogP) is 1.77. The molecule has 0 spiro atoms. The molecule has 0 radical (unpaired) electrons. The fraction of sp³-hybridized carbons (Fsp3) is 0.500. The minimum atomic E-state index is -0.491. The van der Waals surface area contributed by atoms with Gasteiger partial charge in [0, 0.05) is 0 Å². The van der Waals surface area contributed by atoms with E-state index in [4.69, 9.17) is 4.74 Å². The summed E-state index contributed by atoms with van der Waals surface area (Å²) in [5.74, 6) is 0.590. The Morgan fingerprint density at radius 2 is 2.27 bits per heavy atom. The van der Waals surface area contributed by atoms with Crippen LogP contribution in [0.1, 0.15) is 20.8 Å². The SMILES string of the molecule is CC(C)(C)OC(=O)NC1=CC=CC(S)N1. The number of thiol groups is 1. The number of nitrogens with one attached hydrogen (secondary N) is 2. The van der Waals surface area contributed by atoms with Crippen molar-refractivity contribution >= 4 is 18.7 Å². The van der Waals surface area contributed by atoms with E-state index in [1.165, 1.54) is 0 Å². The zero-order valence-electron chi connectivity index (χ0n) is 9.07. The quantitative estimate of drug-likeness (QED) is 0.599. The van der Waals surface area contributed by atoms with Crippen LogP contribution in [0, 0.1) is 0 Å². The average molecular weight is 228 g/mol. The number of amides is 1. The lowest BCUT2D eigenvalue weighted by atomic mass is 10.2. The van der Waals surface area contributed by atoms with Crippen molar-refractivity contribution in [3.8, 4) is 0 Å². The van der Waals surface area contributed by atoms with Crippen molar-refractivity contribution in [2.45, 2.75) is 31.7 Å². The molecule has 0 aromatic heterocycles. The fourth-order valence-corrected chi connectivity index (χ4v) is 1.24. The highest BCUT2D eigenvalue weighted by atomic mass is 32.1. The van der Waals surface area contributed by atoms with E-state index in [-0.39, 0.29) is 5.37 Å². The first-order chi connectivity index (χ1) is 6.87. The molecule has 1 amide bonds. The van der Waals surface area contributed by atoms with Crippen LogP contribution >= 0.6 is 12.6 Å². The van der Waals surface area contributed by atoms with E-state index in [1.54, 1.807) is 6.08 Å². The third kappa shape index (κ3) is 4.78. The molecule has 0 bridgehead atoms. The maximum absolute atomic E-state index is 11.4. The van der Waals surface area contributed by atoms with E-state index >= 15 is 0 Å². The number of carbonyl (C=O) groups is 1. The molecule has 1 aliphatic heterocycles. The van der Waals surface area contributed by atoms with Crippen molar-refractivity contribution in [2.75, 3.05) is 0 Å². The number of alkyl carbamates (subject to hydrolysis) is 1. The minimum absolute atomic E-state index is 0.0834. The summed E-state index contributed by atoms with van der Waals surface area (Å²) in [5.41, 5.74) is -0.491. The number of allylic oxidation sites excluding steroid dienone is 2. The first kappa shape index (κ1) is 12.0. The van der Waals surface area contributed by atoms with Crippen molar-refractivity contribution in [2.24, 2.45) is 0 Å². The fourth-order valence-electron chi connectivity index (χ4n) is 1.00. The van der Waals surface area contributed by atoms with Crippen LogP contribution < -0.4 is 10.6 Å². The monoisotopic (exact) mass is 228 g/mol. The largest absolute Gasteiger partial charge is 0.444 e. The molecule has 1 atom stereocenters. The molecule has 1 aliphatic rings. The van der Waals surface area contributed by atoms with Crippen LogP contribution in [-0.2, 0) is 4.74 Å². The zero-order valence-corrected chi connectivity index (χ0v) is 9.97. The Kier molecular flexibility index (Phi) is 3.68. The lowest BCUT2D eigenvalue weighted by Crippen LogP contribution is -2.38. The molecular formula is C10H16N2O2S. The normalized spacial score (nSPS) is 20.3. The highest BCUT2D eigenvalue weighted by Gasteiger charge is 2.17. The number of carbonyl (C=O) groups excluding carboxylic acids is 1. The van der Waals surface area contributed by atoms with Gasteiger partial charge in [0.05, 0.1) is 5.37 Å². The number of dihydropyridines is 1. The molecule has 15 heavy (non-hydrogen) atoms. The van der Waals surface area contributed by atoms with Gasteiger partial charge in [0.15, 0.2) is 0 Å². The second kappa shape index (κ2) is 4.61. The summed E-state index contributed by atoms with van der Waals surface area (Å²) in [6.45, 7) is 5.45. The minimum Gasteiger partial charge on any atom is -0.444 e. The van der Waals surface area contributed by atoms with Gasteiger partial charge in [-0.25, -0.2) is 4.79 Å². The summed E-state index contributed by atoms with van der Waals surface area (Å²) in [7, 11) is 0. The van der Waals surface area contributed by atoms with Crippen LogP contribution in [0.25, 0.3) is 0 Å². The van der Waals surface area contributed by atoms with Crippen molar-refractivity contribution in [1.29, 1.82) is 0 Å². The van der Waals surface area contributed by atoms with Gasteiger partial charge >= 0.3 is 6.09 Å². The Hall–Kier alpha value is -1.10. The number of hydrogen-bond acceptors (Lipinski definition) is 4. The molecule has 5 heteroatoms. The van der Waals surface area contributed by atoms with Crippen LogP contribution in [-0.4, -0.2) is 17.1 Å². The second-order valence-corrected chi connectivity index (χ2v) is 4.74. The van der Waals surface area contributed by atoms with Crippen LogP contribution in [0.5, 0.6) is 0 Å². The van der Waals surface area contributed by atoms with Gasteiger partial charge < -0.3 is 10.1 Å². The molecule has 0 saturated heterocycles. The third-order valence-corrected chi connectivity index (χ3v) is 1.80. The smallest absolute Gasteiger partial charge is 0.413 e. The van der Waals surface area contributed by atoms with Crippen molar-refractivity contribution in [1.82, 2.24) is 10.6 Å². The van der Waals surface area contributed by atoms with E-state index < -0.39 is 11.7 Å². The highest BCUT2D eigenvalue weighted by molar-refractivity contribution is 7.81. The van der Waals surface area contributed by atoms with Gasteiger partial charge in [0.2, 0.25) is 0 Å². The average Bonchev–Trinajstić information content (AvgIpc) is 1.99. The Labute approximate surface area is 95.2 Å². The van der Waals surface area contributed by atoms with Crippen LogP contribution in [0.4, 0.5) is 4.79 Å².